The summed E-state index contributed by atoms with van der Waals surface area (Å²) in [5.74, 6) is 0.0334. The summed E-state index contributed by atoms with van der Waals surface area (Å²) in [5, 5.41) is 3.16. The zero-order valence-corrected chi connectivity index (χ0v) is 11.1. The fraction of sp³-hybridized carbons (Fsp3) is 0.533. The van der Waals surface area contributed by atoms with Gasteiger partial charge in [0.1, 0.15) is 0 Å². The third kappa shape index (κ3) is 4.22. The highest BCUT2D eigenvalue weighted by Crippen LogP contribution is 2.18. The lowest BCUT2D eigenvalue weighted by Gasteiger charge is -2.29. The largest absolute Gasteiger partial charge is 0.347 e. The molecule has 2 heteroatoms. The van der Waals surface area contributed by atoms with E-state index < -0.39 is 0 Å². The van der Waals surface area contributed by atoms with Gasteiger partial charge in [-0.3, -0.25) is 4.79 Å². The molecule has 0 bridgehead atoms. The van der Waals surface area contributed by atoms with Crippen molar-refractivity contribution in [2.75, 3.05) is 0 Å². The molecule has 0 aliphatic rings. The molecule has 17 heavy (non-hydrogen) atoms. The summed E-state index contributed by atoms with van der Waals surface area (Å²) in [7, 11) is 0. The molecule has 1 amide bonds. The van der Waals surface area contributed by atoms with E-state index in [1.54, 1.807) is 0 Å². The molecule has 0 saturated carbocycles. The van der Waals surface area contributed by atoms with Crippen molar-refractivity contribution in [1.29, 1.82) is 0 Å². The number of hydrogen-bond donors (Lipinski definition) is 1. The molecular weight excluding hydrogens is 210 g/mol. The highest BCUT2D eigenvalue weighted by atomic mass is 16.1. The Balaban J connectivity index is 2.65. The summed E-state index contributed by atoms with van der Waals surface area (Å²) in [5.41, 5.74) is 0.659. The van der Waals surface area contributed by atoms with Crippen molar-refractivity contribution >= 4 is 5.91 Å². The maximum Gasteiger partial charge on any atom is 0.251 e. The van der Waals surface area contributed by atoms with Crippen LogP contribution in [-0.2, 0) is 0 Å². The van der Waals surface area contributed by atoms with Crippen LogP contribution in [0, 0.1) is 0 Å². The molecule has 0 radical (unpaired) electrons. The Morgan fingerprint density at radius 1 is 1.24 bits per heavy atom. The maximum absolute atomic E-state index is 12.1. The van der Waals surface area contributed by atoms with Crippen molar-refractivity contribution in [3.63, 3.8) is 0 Å². The number of carbonyl (C=O) groups is 1. The highest BCUT2D eigenvalue weighted by Gasteiger charge is 2.23. The van der Waals surface area contributed by atoms with Crippen LogP contribution in [0.3, 0.4) is 0 Å². The lowest BCUT2D eigenvalue weighted by atomic mass is 9.91. The number of benzene rings is 1. The summed E-state index contributed by atoms with van der Waals surface area (Å²) in [6.45, 7) is 6.43. The number of amides is 1. The second-order valence-electron chi connectivity index (χ2n) is 4.84. The third-order valence-corrected chi connectivity index (χ3v) is 3.31. The first-order valence-corrected chi connectivity index (χ1v) is 6.49. The molecule has 1 atom stereocenters. The zero-order chi connectivity index (χ0) is 12.7. The Morgan fingerprint density at radius 3 is 2.41 bits per heavy atom. The van der Waals surface area contributed by atoms with Gasteiger partial charge in [-0.15, -0.1) is 0 Å². The Morgan fingerprint density at radius 2 is 1.88 bits per heavy atom. The summed E-state index contributed by atoms with van der Waals surface area (Å²) >= 11 is 0. The molecule has 0 aromatic heterocycles. The van der Waals surface area contributed by atoms with Gasteiger partial charge in [0.05, 0.1) is 0 Å². The molecular formula is C15H23NO. The van der Waals surface area contributed by atoms with Crippen molar-refractivity contribution in [2.45, 2.75) is 52.0 Å². The van der Waals surface area contributed by atoms with Gasteiger partial charge in [-0.25, -0.2) is 0 Å². The van der Waals surface area contributed by atoms with Gasteiger partial charge in [0.15, 0.2) is 0 Å². The first-order valence-electron chi connectivity index (χ1n) is 6.49. The van der Waals surface area contributed by atoms with Crippen LogP contribution >= 0.6 is 0 Å². The van der Waals surface area contributed by atoms with Crippen molar-refractivity contribution < 1.29 is 4.79 Å². The van der Waals surface area contributed by atoms with E-state index >= 15 is 0 Å². The van der Waals surface area contributed by atoms with Crippen molar-refractivity contribution in [3.8, 4) is 0 Å². The molecule has 2 nitrogen and oxygen atoms in total. The number of rotatable bonds is 6. The number of carbonyl (C=O) groups excluding carboxylic acids is 1. The van der Waals surface area contributed by atoms with Gasteiger partial charge in [0.2, 0.25) is 0 Å². The smallest absolute Gasteiger partial charge is 0.251 e. The van der Waals surface area contributed by atoms with E-state index in [0.717, 1.165) is 31.2 Å². The summed E-state index contributed by atoms with van der Waals surface area (Å²) in [6, 6.07) is 9.41. The van der Waals surface area contributed by atoms with E-state index in [0.29, 0.717) is 0 Å². The van der Waals surface area contributed by atoms with Crippen LogP contribution < -0.4 is 5.32 Å². The lowest BCUT2D eigenvalue weighted by Crippen LogP contribution is -2.45. The topological polar surface area (TPSA) is 29.1 Å². The quantitative estimate of drug-likeness (QED) is 0.796. The monoisotopic (exact) mass is 233 g/mol. The van der Waals surface area contributed by atoms with Crippen LogP contribution in [0.5, 0.6) is 0 Å². The van der Waals surface area contributed by atoms with E-state index in [4.69, 9.17) is 0 Å². The Hall–Kier alpha value is -1.31. The number of unbranched alkanes of at least 4 members (excludes halogenated alkanes) is 1. The minimum Gasteiger partial charge on any atom is -0.347 e. The van der Waals surface area contributed by atoms with Crippen LogP contribution in [0.2, 0.25) is 0 Å². The fourth-order valence-corrected chi connectivity index (χ4v) is 1.83. The summed E-state index contributed by atoms with van der Waals surface area (Å²) < 4.78 is 0. The normalized spacial score (nSPS) is 14.1. The molecule has 0 fully saturated rings. The van der Waals surface area contributed by atoms with Crippen LogP contribution in [0.1, 0.15) is 56.8 Å². The van der Waals surface area contributed by atoms with E-state index in [1.807, 2.05) is 30.3 Å². The molecule has 1 aromatic carbocycles. The second-order valence-corrected chi connectivity index (χ2v) is 4.84. The van der Waals surface area contributed by atoms with E-state index in [9.17, 15) is 4.79 Å². The molecule has 0 saturated heterocycles. The minimum absolute atomic E-state index is 0.0334. The van der Waals surface area contributed by atoms with Crippen molar-refractivity contribution in [2.24, 2.45) is 0 Å². The van der Waals surface area contributed by atoms with Gasteiger partial charge in [-0.2, -0.15) is 0 Å². The molecule has 1 N–H and O–H groups in total. The molecule has 0 spiro atoms. The highest BCUT2D eigenvalue weighted by molar-refractivity contribution is 5.94. The molecule has 1 aromatic rings. The minimum atomic E-state index is -0.0804. The van der Waals surface area contributed by atoms with Gasteiger partial charge < -0.3 is 5.32 Å². The van der Waals surface area contributed by atoms with Crippen LogP contribution in [0.15, 0.2) is 30.3 Å². The summed E-state index contributed by atoms with van der Waals surface area (Å²) in [4.78, 5) is 12.1. The van der Waals surface area contributed by atoms with Gasteiger partial charge in [-0.05, 0) is 31.9 Å². The average molecular weight is 233 g/mol. The standard InChI is InChI=1S/C15H23NO/c1-4-6-12-15(3,5-2)16-14(17)13-10-8-7-9-11-13/h7-11H,4-6,12H2,1-3H3,(H,16,17)/t15-/m0/s1. The predicted molar refractivity (Wildman–Crippen MR) is 72.1 cm³/mol. The van der Waals surface area contributed by atoms with Crippen LogP contribution in [-0.4, -0.2) is 11.4 Å². The molecule has 0 heterocycles. The lowest BCUT2D eigenvalue weighted by molar-refractivity contribution is 0.0897. The molecule has 1 rings (SSSR count). The first-order chi connectivity index (χ1) is 8.11. The van der Waals surface area contributed by atoms with Crippen molar-refractivity contribution in [1.82, 2.24) is 5.32 Å². The van der Waals surface area contributed by atoms with Gasteiger partial charge in [-0.1, -0.05) is 44.9 Å². The SMILES string of the molecule is CCCC[C@](C)(CC)NC(=O)c1ccccc1. The fourth-order valence-electron chi connectivity index (χ4n) is 1.83. The van der Waals surface area contributed by atoms with E-state index in [-0.39, 0.29) is 11.4 Å². The third-order valence-electron chi connectivity index (χ3n) is 3.31. The molecule has 0 aliphatic heterocycles. The average Bonchev–Trinajstić information content (AvgIpc) is 2.37. The van der Waals surface area contributed by atoms with Gasteiger partial charge in [0.25, 0.3) is 5.91 Å². The molecule has 0 unspecified atom stereocenters. The molecule has 94 valence electrons. The van der Waals surface area contributed by atoms with Crippen LogP contribution in [0.25, 0.3) is 0 Å². The predicted octanol–water partition coefficient (Wildman–Crippen LogP) is 3.78. The van der Waals surface area contributed by atoms with Crippen LogP contribution in [0.4, 0.5) is 0 Å². The number of hydrogen-bond acceptors (Lipinski definition) is 1. The van der Waals surface area contributed by atoms with Crippen molar-refractivity contribution in [3.05, 3.63) is 35.9 Å². The van der Waals surface area contributed by atoms with E-state index in [2.05, 4.69) is 26.1 Å². The Labute approximate surface area is 104 Å². The van der Waals surface area contributed by atoms with Gasteiger partial charge in [0, 0.05) is 11.1 Å². The zero-order valence-electron chi connectivity index (χ0n) is 11.1. The second kappa shape index (κ2) is 6.43. The Bertz CT molecular complexity index is 347. The van der Waals surface area contributed by atoms with Gasteiger partial charge >= 0.3 is 0 Å². The maximum atomic E-state index is 12.1. The first kappa shape index (κ1) is 13.8. The molecule has 0 aliphatic carbocycles. The van der Waals surface area contributed by atoms with E-state index in [1.165, 1.54) is 0 Å². The number of nitrogens with one attached hydrogen (secondary N) is 1. The Kier molecular flexibility index (Phi) is 5.20. The summed E-state index contributed by atoms with van der Waals surface area (Å²) in [6.07, 6.45) is 4.32.